The topological polar surface area (TPSA) is 61.7 Å². The molecule has 0 aliphatic carbocycles. The molecule has 0 unspecified atom stereocenters. The number of phenolic OH excluding ortho intramolecular Hbond substituents is 1. The number of phenols is 1. The van der Waals surface area contributed by atoms with Gasteiger partial charge in [-0.05, 0) is 35.9 Å². The number of aromatic hydroxyl groups is 1. The number of carbonyl (C=O) groups excluding carboxylic acids is 1. The highest BCUT2D eigenvalue weighted by Gasteiger charge is 2.10. The summed E-state index contributed by atoms with van der Waals surface area (Å²) in [5.41, 5.74) is 3.23. The van der Waals surface area contributed by atoms with Crippen LogP contribution in [0.5, 0.6) is 5.75 Å². The highest BCUT2D eigenvalue weighted by Crippen LogP contribution is 2.21. The first kappa shape index (κ1) is 14.6. The number of hydrazone groups is 1. The quantitative estimate of drug-likeness (QED) is 0.654. The lowest BCUT2D eigenvalue weighted by Gasteiger charge is -2.03. The van der Waals surface area contributed by atoms with Gasteiger partial charge in [0.15, 0.2) is 0 Å². The van der Waals surface area contributed by atoms with Gasteiger partial charge in [-0.15, -0.1) is 0 Å². The Labute approximate surface area is 129 Å². The maximum Gasteiger partial charge on any atom is 0.275 e. The fraction of sp³-hybridized carbons (Fsp3) is 0. The van der Waals surface area contributed by atoms with E-state index in [0.29, 0.717) is 5.02 Å². The van der Waals surface area contributed by atoms with Gasteiger partial charge in [0.05, 0.1) is 11.8 Å². The van der Waals surface area contributed by atoms with E-state index >= 15 is 0 Å². The van der Waals surface area contributed by atoms with E-state index in [9.17, 15) is 9.90 Å². The lowest BCUT2D eigenvalue weighted by Crippen LogP contribution is -2.17. The molecule has 0 saturated carbocycles. The van der Waals surface area contributed by atoms with Crippen molar-refractivity contribution in [3.63, 3.8) is 0 Å². The number of carbonyl (C=O) groups is 1. The highest BCUT2D eigenvalue weighted by molar-refractivity contribution is 9.10. The monoisotopic (exact) mass is 352 g/mol. The molecule has 2 aromatic rings. The van der Waals surface area contributed by atoms with Crippen molar-refractivity contribution in [1.29, 1.82) is 0 Å². The molecule has 0 aliphatic heterocycles. The van der Waals surface area contributed by atoms with Crippen LogP contribution in [0.15, 0.2) is 52.0 Å². The molecule has 0 radical (unpaired) electrons. The Balaban J connectivity index is 2.07. The molecule has 0 fully saturated rings. The van der Waals surface area contributed by atoms with Crippen molar-refractivity contribution in [3.8, 4) is 5.75 Å². The molecule has 0 bridgehead atoms. The molecule has 0 saturated heterocycles. The Hall–Kier alpha value is -1.85. The summed E-state index contributed by atoms with van der Waals surface area (Å²) in [5, 5.41) is 13.8. The molecule has 2 N–H and O–H groups in total. The van der Waals surface area contributed by atoms with Crippen molar-refractivity contribution < 1.29 is 9.90 Å². The van der Waals surface area contributed by atoms with E-state index in [1.165, 1.54) is 24.4 Å². The Kier molecular flexibility index (Phi) is 4.76. The van der Waals surface area contributed by atoms with Gasteiger partial charge >= 0.3 is 0 Å². The summed E-state index contributed by atoms with van der Waals surface area (Å²) in [5.74, 6) is -0.680. The van der Waals surface area contributed by atoms with Crippen molar-refractivity contribution in [2.45, 2.75) is 0 Å². The van der Waals surface area contributed by atoms with Gasteiger partial charge in [-0.3, -0.25) is 4.79 Å². The minimum Gasteiger partial charge on any atom is -0.507 e. The summed E-state index contributed by atoms with van der Waals surface area (Å²) >= 11 is 9.11. The molecular weight excluding hydrogens is 344 g/mol. The van der Waals surface area contributed by atoms with E-state index in [-0.39, 0.29) is 11.3 Å². The molecule has 0 heterocycles. The standard InChI is InChI=1S/C14H10BrClN2O2/c15-10-3-1-2-9(6-10)8-17-18-14(20)12-7-11(16)4-5-13(12)19/h1-8,19H,(H,18,20). The van der Waals surface area contributed by atoms with E-state index in [4.69, 9.17) is 11.6 Å². The van der Waals surface area contributed by atoms with Crippen LogP contribution in [0.3, 0.4) is 0 Å². The number of amides is 1. The predicted octanol–water partition coefficient (Wildman–Crippen LogP) is 3.57. The lowest BCUT2D eigenvalue weighted by molar-refractivity contribution is 0.0952. The maximum absolute atomic E-state index is 11.8. The molecular formula is C14H10BrClN2O2. The normalized spacial score (nSPS) is 10.7. The van der Waals surface area contributed by atoms with Gasteiger partial charge < -0.3 is 5.11 Å². The Bertz CT molecular complexity index is 674. The molecule has 6 heteroatoms. The first-order valence-electron chi connectivity index (χ1n) is 5.64. The van der Waals surface area contributed by atoms with E-state index in [2.05, 4.69) is 26.5 Å². The summed E-state index contributed by atoms with van der Waals surface area (Å²) in [6.45, 7) is 0. The van der Waals surface area contributed by atoms with Gasteiger partial charge in [0.25, 0.3) is 5.91 Å². The molecule has 20 heavy (non-hydrogen) atoms. The molecule has 2 aromatic carbocycles. The average Bonchev–Trinajstić information content (AvgIpc) is 2.41. The summed E-state index contributed by atoms with van der Waals surface area (Å²) < 4.78 is 0.917. The number of halogens is 2. The third kappa shape index (κ3) is 3.82. The minimum absolute atomic E-state index is 0.0730. The van der Waals surface area contributed by atoms with E-state index in [1.54, 1.807) is 0 Å². The summed E-state index contributed by atoms with van der Waals surface area (Å²) in [7, 11) is 0. The first-order chi connectivity index (χ1) is 9.56. The van der Waals surface area contributed by atoms with E-state index < -0.39 is 5.91 Å². The van der Waals surface area contributed by atoms with Crippen LogP contribution in [0.1, 0.15) is 15.9 Å². The zero-order valence-electron chi connectivity index (χ0n) is 10.2. The third-order valence-corrected chi connectivity index (χ3v) is 3.16. The zero-order chi connectivity index (χ0) is 14.5. The predicted molar refractivity (Wildman–Crippen MR) is 82.3 cm³/mol. The van der Waals surface area contributed by atoms with Crippen LogP contribution in [0, 0.1) is 0 Å². The number of hydrogen-bond acceptors (Lipinski definition) is 3. The van der Waals surface area contributed by atoms with Crippen molar-refractivity contribution in [2.24, 2.45) is 5.10 Å². The number of hydrogen-bond donors (Lipinski definition) is 2. The second kappa shape index (κ2) is 6.54. The van der Waals surface area contributed by atoms with Crippen LogP contribution in [-0.4, -0.2) is 17.2 Å². The second-order valence-electron chi connectivity index (χ2n) is 3.92. The second-order valence-corrected chi connectivity index (χ2v) is 5.27. The fourth-order valence-corrected chi connectivity index (χ4v) is 2.09. The lowest BCUT2D eigenvalue weighted by atomic mass is 10.2. The molecule has 1 amide bonds. The maximum atomic E-state index is 11.8. The van der Waals surface area contributed by atoms with Crippen LogP contribution in [0.25, 0.3) is 0 Å². The Morgan fingerprint density at radius 3 is 2.85 bits per heavy atom. The van der Waals surface area contributed by atoms with Crippen LogP contribution < -0.4 is 5.43 Å². The third-order valence-electron chi connectivity index (χ3n) is 2.43. The molecule has 0 aliphatic rings. The summed E-state index contributed by atoms with van der Waals surface area (Å²) in [6.07, 6.45) is 1.50. The van der Waals surface area contributed by atoms with Crippen molar-refractivity contribution in [1.82, 2.24) is 5.43 Å². The van der Waals surface area contributed by atoms with Crippen LogP contribution in [-0.2, 0) is 0 Å². The van der Waals surface area contributed by atoms with Crippen molar-refractivity contribution >= 4 is 39.7 Å². The van der Waals surface area contributed by atoms with Gasteiger partial charge in [-0.2, -0.15) is 5.10 Å². The molecule has 0 aromatic heterocycles. The summed E-state index contributed by atoms with van der Waals surface area (Å²) in [4.78, 5) is 11.8. The van der Waals surface area contributed by atoms with Crippen LogP contribution in [0.2, 0.25) is 5.02 Å². The molecule has 102 valence electrons. The van der Waals surface area contributed by atoms with Gasteiger partial charge in [0, 0.05) is 9.50 Å². The number of benzene rings is 2. The fourth-order valence-electron chi connectivity index (χ4n) is 1.50. The average molecular weight is 354 g/mol. The largest absolute Gasteiger partial charge is 0.507 e. The smallest absolute Gasteiger partial charge is 0.275 e. The minimum atomic E-state index is -0.531. The van der Waals surface area contributed by atoms with Crippen LogP contribution >= 0.6 is 27.5 Å². The first-order valence-corrected chi connectivity index (χ1v) is 6.81. The molecule has 4 nitrogen and oxygen atoms in total. The van der Waals surface area contributed by atoms with Gasteiger partial charge in [-0.1, -0.05) is 39.7 Å². The van der Waals surface area contributed by atoms with Crippen LogP contribution in [0.4, 0.5) is 0 Å². The number of rotatable bonds is 3. The van der Waals surface area contributed by atoms with Gasteiger partial charge in [0.2, 0.25) is 0 Å². The zero-order valence-corrected chi connectivity index (χ0v) is 12.5. The van der Waals surface area contributed by atoms with Gasteiger partial charge in [-0.25, -0.2) is 5.43 Å². The Morgan fingerprint density at radius 1 is 1.30 bits per heavy atom. The molecule has 2 rings (SSSR count). The van der Waals surface area contributed by atoms with Crippen molar-refractivity contribution in [2.75, 3.05) is 0 Å². The number of nitrogens with one attached hydrogen (secondary N) is 1. The molecule has 0 atom stereocenters. The number of nitrogens with zero attached hydrogens (tertiary/aromatic N) is 1. The van der Waals surface area contributed by atoms with E-state index in [1.807, 2.05) is 24.3 Å². The summed E-state index contributed by atoms with van der Waals surface area (Å²) in [6, 6.07) is 11.7. The van der Waals surface area contributed by atoms with E-state index in [0.717, 1.165) is 10.0 Å². The molecule has 0 spiro atoms. The Morgan fingerprint density at radius 2 is 2.10 bits per heavy atom. The SMILES string of the molecule is O=C(NN=Cc1cccc(Br)c1)c1cc(Cl)ccc1O. The van der Waals surface area contributed by atoms with Crippen molar-refractivity contribution in [3.05, 3.63) is 63.1 Å². The van der Waals surface area contributed by atoms with Gasteiger partial charge in [0.1, 0.15) is 5.75 Å². The highest BCUT2D eigenvalue weighted by atomic mass is 79.9.